The van der Waals surface area contributed by atoms with Gasteiger partial charge in [0.2, 0.25) is 0 Å². The Labute approximate surface area is 236 Å². The molecule has 0 bridgehead atoms. The van der Waals surface area contributed by atoms with Crippen LogP contribution in [-0.4, -0.2) is 36.7 Å². The lowest BCUT2D eigenvalue weighted by molar-refractivity contribution is -0.127. The Morgan fingerprint density at radius 1 is 1.15 bits per heavy atom. The first kappa shape index (κ1) is 28.3. The van der Waals surface area contributed by atoms with Crippen molar-refractivity contribution < 1.29 is 23.9 Å². The van der Waals surface area contributed by atoms with Crippen LogP contribution in [0.3, 0.4) is 0 Å². The number of amides is 2. The molecule has 1 aliphatic rings. The molecule has 0 radical (unpaired) electrons. The number of thiophene rings is 1. The molecule has 4 rings (SSSR count). The monoisotopic (exact) mass is 567 g/mol. The van der Waals surface area contributed by atoms with E-state index in [9.17, 15) is 14.4 Å². The molecule has 2 aromatic carbocycles. The standard InChI is InChI=1S/C29H30ClN3O5S/c1-4-37-29(36)25-23-14-5-17(2)15-24(23)39-28(25)32-27(35)20-8-12-22(13-9-20)38-18(3)26(34)33-31-16-19-6-10-21(30)11-7-19/h6-13,16-18H,4-5,14-15H2,1-3H3,(H,32,35)(H,33,34). The summed E-state index contributed by atoms with van der Waals surface area (Å²) in [5.74, 6) is -0.232. The molecular weight excluding hydrogens is 538 g/mol. The van der Waals surface area contributed by atoms with Crippen molar-refractivity contribution in [2.24, 2.45) is 11.0 Å². The third kappa shape index (κ3) is 7.25. The van der Waals surface area contributed by atoms with Gasteiger partial charge in [0.05, 0.1) is 18.4 Å². The van der Waals surface area contributed by atoms with E-state index in [-0.39, 0.29) is 12.5 Å². The maximum absolute atomic E-state index is 13.0. The van der Waals surface area contributed by atoms with Gasteiger partial charge in [-0.2, -0.15) is 5.10 Å². The van der Waals surface area contributed by atoms with Crippen LogP contribution in [0.2, 0.25) is 5.02 Å². The number of hydrazone groups is 1. The normalized spacial score (nSPS) is 15.3. The number of ether oxygens (including phenoxy) is 2. The predicted molar refractivity (Wildman–Crippen MR) is 153 cm³/mol. The van der Waals surface area contributed by atoms with Gasteiger partial charge in [0.1, 0.15) is 10.8 Å². The molecular formula is C29H30ClN3O5S. The van der Waals surface area contributed by atoms with Crippen LogP contribution in [0.15, 0.2) is 53.6 Å². The van der Waals surface area contributed by atoms with Gasteiger partial charge >= 0.3 is 5.97 Å². The first-order valence-corrected chi connectivity index (χ1v) is 13.9. The molecule has 0 aliphatic heterocycles. The van der Waals surface area contributed by atoms with E-state index in [1.807, 2.05) is 0 Å². The molecule has 2 unspecified atom stereocenters. The zero-order valence-electron chi connectivity index (χ0n) is 22.0. The number of halogens is 1. The summed E-state index contributed by atoms with van der Waals surface area (Å²) in [7, 11) is 0. The van der Waals surface area contributed by atoms with Crippen molar-refractivity contribution in [2.75, 3.05) is 11.9 Å². The minimum Gasteiger partial charge on any atom is -0.481 e. The lowest BCUT2D eigenvalue weighted by Crippen LogP contribution is -2.33. The minimum atomic E-state index is -0.820. The molecule has 1 heterocycles. The van der Waals surface area contributed by atoms with Crippen molar-refractivity contribution in [2.45, 2.75) is 46.1 Å². The average molecular weight is 568 g/mol. The Balaban J connectivity index is 1.37. The van der Waals surface area contributed by atoms with E-state index < -0.39 is 18.0 Å². The van der Waals surface area contributed by atoms with Gasteiger partial charge in [-0.1, -0.05) is 30.7 Å². The Morgan fingerprint density at radius 3 is 2.56 bits per heavy atom. The fraction of sp³-hybridized carbons (Fsp3) is 0.310. The number of nitrogens with one attached hydrogen (secondary N) is 2. The van der Waals surface area contributed by atoms with Crippen molar-refractivity contribution in [1.82, 2.24) is 5.43 Å². The summed E-state index contributed by atoms with van der Waals surface area (Å²) in [4.78, 5) is 39.2. The summed E-state index contributed by atoms with van der Waals surface area (Å²) in [6.07, 6.45) is 3.36. The van der Waals surface area contributed by atoms with Crippen molar-refractivity contribution in [1.29, 1.82) is 0 Å². The Morgan fingerprint density at radius 2 is 1.87 bits per heavy atom. The number of carbonyl (C=O) groups excluding carboxylic acids is 3. The van der Waals surface area contributed by atoms with Crippen LogP contribution in [0.4, 0.5) is 5.00 Å². The maximum atomic E-state index is 13.0. The molecule has 2 atom stereocenters. The van der Waals surface area contributed by atoms with Gasteiger partial charge in [-0.15, -0.1) is 11.3 Å². The van der Waals surface area contributed by atoms with Gasteiger partial charge in [0.15, 0.2) is 6.10 Å². The molecule has 1 aromatic heterocycles. The summed E-state index contributed by atoms with van der Waals surface area (Å²) in [5, 5.41) is 7.97. The molecule has 1 aliphatic carbocycles. The molecule has 0 spiro atoms. The van der Waals surface area contributed by atoms with Gasteiger partial charge in [0.25, 0.3) is 11.8 Å². The highest BCUT2D eigenvalue weighted by Gasteiger charge is 2.29. The molecule has 0 fully saturated rings. The second kappa shape index (κ2) is 12.9. The smallest absolute Gasteiger partial charge is 0.341 e. The van der Waals surface area contributed by atoms with Crippen LogP contribution in [0, 0.1) is 5.92 Å². The predicted octanol–water partition coefficient (Wildman–Crippen LogP) is 5.87. The highest BCUT2D eigenvalue weighted by atomic mass is 35.5. The third-order valence-electron chi connectivity index (χ3n) is 6.28. The zero-order valence-corrected chi connectivity index (χ0v) is 23.5. The van der Waals surface area contributed by atoms with Crippen molar-refractivity contribution in [3.63, 3.8) is 0 Å². The molecule has 0 saturated heterocycles. The molecule has 3 aromatic rings. The Bertz CT molecular complexity index is 1370. The van der Waals surface area contributed by atoms with Crippen LogP contribution < -0.4 is 15.5 Å². The number of esters is 1. The SMILES string of the molecule is CCOC(=O)c1c(NC(=O)c2ccc(OC(C)C(=O)NN=Cc3ccc(Cl)cc3)cc2)sc2c1CCC(C)C2. The molecule has 204 valence electrons. The van der Waals surface area contributed by atoms with Gasteiger partial charge in [-0.25, -0.2) is 10.2 Å². The van der Waals surface area contributed by atoms with Crippen molar-refractivity contribution >= 4 is 51.9 Å². The first-order chi connectivity index (χ1) is 18.7. The second-order valence-corrected chi connectivity index (χ2v) is 10.8. The highest BCUT2D eigenvalue weighted by molar-refractivity contribution is 7.17. The number of nitrogens with zero attached hydrogens (tertiary/aromatic N) is 1. The third-order valence-corrected chi connectivity index (χ3v) is 7.70. The average Bonchev–Trinajstić information content (AvgIpc) is 3.27. The minimum absolute atomic E-state index is 0.264. The number of benzene rings is 2. The Hall–Kier alpha value is -3.69. The zero-order chi connectivity index (χ0) is 27.9. The number of fused-ring (bicyclic) bond motifs is 1. The van der Waals surface area contributed by atoms with E-state index >= 15 is 0 Å². The van der Waals surface area contributed by atoms with Gasteiger partial charge < -0.3 is 14.8 Å². The first-order valence-electron chi connectivity index (χ1n) is 12.7. The largest absolute Gasteiger partial charge is 0.481 e. The van der Waals surface area contributed by atoms with Crippen molar-refractivity contribution in [3.8, 4) is 5.75 Å². The van der Waals surface area contributed by atoms with Gasteiger partial charge in [-0.3, -0.25) is 9.59 Å². The van der Waals surface area contributed by atoms with Crippen LogP contribution in [0.1, 0.15) is 63.9 Å². The van der Waals surface area contributed by atoms with E-state index in [0.717, 1.165) is 35.3 Å². The summed E-state index contributed by atoms with van der Waals surface area (Å²) < 4.78 is 11.0. The maximum Gasteiger partial charge on any atom is 0.341 e. The fourth-order valence-corrected chi connectivity index (χ4v) is 5.71. The molecule has 39 heavy (non-hydrogen) atoms. The fourth-order valence-electron chi connectivity index (χ4n) is 4.19. The van der Waals surface area contributed by atoms with E-state index in [1.54, 1.807) is 62.4 Å². The van der Waals surface area contributed by atoms with E-state index in [4.69, 9.17) is 21.1 Å². The molecule has 10 heteroatoms. The van der Waals surface area contributed by atoms with Gasteiger partial charge in [-0.05, 0) is 86.6 Å². The second-order valence-electron chi connectivity index (χ2n) is 9.30. The summed E-state index contributed by atoms with van der Waals surface area (Å²) >= 11 is 7.30. The molecule has 0 saturated carbocycles. The van der Waals surface area contributed by atoms with Crippen LogP contribution in [0.25, 0.3) is 0 Å². The van der Waals surface area contributed by atoms with E-state index in [0.29, 0.717) is 32.8 Å². The number of rotatable bonds is 9. The Kier molecular flexibility index (Phi) is 9.37. The number of anilines is 1. The highest BCUT2D eigenvalue weighted by Crippen LogP contribution is 2.40. The summed E-state index contributed by atoms with van der Waals surface area (Å²) in [5.41, 5.74) is 5.07. The topological polar surface area (TPSA) is 106 Å². The van der Waals surface area contributed by atoms with Gasteiger partial charge in [0, 0.05) is 15.5 Å². The van der Waals surface area contributed by atoms with E-state index in [2.05, 4.69) is 22.8 Å². The summed E-state index contributed by atoms with van der Waals surface area (Å²) in [6.45, 7) is 5.82. The lowest BCUT2D eigenvalue weighted by atomic mass is 9.88. The van der Waals surface area contributed by atoms with Crippen LogP contribution >= 0.6 is 22.9 Å². The quantitative estimate of drug-likeness (QED) is 0.191. The van der Waals surface area contributed by atoms with Crippen LogP contribution in [0.5, 0.6) is 5.75 Å². The lowest BCUT2D eigenvalue weighted by Gasteiger charge is -2.18. The molecule has 8 nitrogen and oxygen atoms in total. The van der Waals surface area contributed by atoms with Crippen molar-refractivity contribution in [3.05, 3.63) is 80.7 Å². The molecule has 2 amide bonds. The van der Waals surface area contributed by atoms with Crippen LogP contribution in [-0.2, 0) is 22.4 Å². The number of hydrogen-bond donors (Lipinski definition) is 2. The van der Waals surface area contributed by atoms with E-state index in [1.165, 1.54) is 17.6 Å². The number of hydrogen-bond acceptors (Lipinski definition) is 7. The molecule has 2 N–H and O–H groups in total. The summed E-state index contributed by atoms with van der Waals surface area (Å²) in [6, 6.07) is 13.5. The number of carbonyl (C=O) groups is 3.